The van der Waals surface area contributed by atoms with Gasteiger partial charge in [-0.25, -0.2) is 15.2 Å². The van der Waals surface area contributed by atoms with Crippen molar-refractivity contribution in [1.29, 1.82) is 0 Å². The van der Waals surface area contributed by atoms with Crippen LogP contribution in [0.4, 0.5) is 4.39 Å². The summed E-state index contributed by atoms with van der Waals surface area (Å²) in [5.74, 6) is 4.10. The molecule has 2 rings (SSSR count). The van der Waals surface area contributed by atoms with Crippen molar-refractivity contribution in [3.05, 3.63) is 39.7 Å². The molecule has 0 fully saturated rings. The fourth-order valence-electron chi connectivity index (χ4n) is 1.34. The van der Waals surface area contributed by atoms with Crippen LogP contribution in [-0.2, 0) is 0 Å². The Morgan fingerprint density at radius 3 is 2.82 bits per heavy atom. The van der Waals surface area contributed by atoms with E-state index < -0.39 is 11.7 Å². The lowest BCUT2D eigenvalue weighted by molar-refractivity contribution is 0.0950. The number of nitrogens with zero attached hydrogens (tertiary/aromatic N) is 1. The third-order valence-electron chi connectivity index (χ3n) is 2.07. The zero-order valence-corrected chi connectivity index (χ0v) is 10.8. The normalized spacial score (nSPS) is 10.3. The smallest absolute Gasteiger partial charge is 0.285 e. The summed E-state index contributed by atoms with van der Waals surface area (Å²) >= 11 is 4.34. The molecule has 88 valence electrons. The van der Waals surface area contributed by atoms with Crippen LogP contribution < -0.4 is 11.3 Å². The van der Waals surface area contributed by atoms with E-state index in [0.717, 1.165) is 0 Å². The molecule has 1 aromatic carbocycles. The first-order chi connectivity index (χ1) is 8.13. The molecule has 1 aromatic heterocycles. The Kier molecular flexibility index (Phi) is 3.51. The number of carbonyl (C=O) groups is 1. The molecule has 0 aliphatic rings. The first-order valence-corrected chi connectivity index (χ1v) is 6.16. The van der Waals surface area contributed by atoms with Crippen molar-refractivity contribution < 1.29 is 9.18 Å². The molecule has 0 saturated carbocycles. The van der Waals surface area contributed by atoms with E-state index in [1.165, 1.54) is 17.4 Å². The number of rotatable bonds is 2. The number of nitrogens with two attached hydrogens (primary N) is 1. The van der Waals surface area contributed by atoms with Crippen LogP contribution in [0.3, 0.4) is 0 Å². The van der Waals surface area contributed by atoms with Crippen molar-refractivity contribution in [2.24, 2.45) is 5.84 Å². The van der Waals surface area contributed by atoms with Gasteiger partial charge in [-0.05, 0) is 22.0 Å². The molecule has 7 heteroatoms. The Labute approximate surface area is 109 Å². The minimum absolute atomic E-state index is 0.106. The summed E-state index contributed by atoms with van der Waals surface area (Å²) in [6.07, 6.45) is 0. The number of hydrogen-bond acceptors (Lipinski definition) is 4. The van der Waals surface area contributed by atoms with E-state index >= 15 is 0 Å². The number of hydrogen-bond donors (Lipinski definition) is 2. The van der Waals surface area contributed by atoms with Crippen LogP contribution in [0.2, 0.25) is 0 Å². The summed E-state index contributed by atoms with van der Waals surface area (Å²) < 4.78 is 14.1. The summed E-state index contributed by atoms with van der Waals surface area (Å²) in [7, 11) is 0. The Bertz CT molecular complexity index is 572. The fourth-order valence-corrected chi connectivity index (χ4v) is 2.82. The zero-order valence-electron chi connectivity index (χ0n) is 8.41. The number of nitrogen functional groups attached to an aromatic ring is 1. The summed E-state index contributed by atoms with van der Waals surface area (Å²) in [4.78, 5) is 15.9. The average molecular weight is 316 g/mol. The highest BCUT2D eigenvalue weighted by atomic mass is 79.9. The molecule has 0 radical (unpaired) electrons. The van der Waals surface area contributed by atoms with Crippen molar-refractivity contribution in [3.63, 3.8) is 0 Å². The molecule has 17 heavy (non-hydrogen) atoms. The lowest BCUT2D eigenvalue weighted by Crippen LogP contribution is -2.30. The van der Waals surface area contributed by atoms with E-state index in [9.17, 15) is 9.18 Å². The number of nitrogens with one attached hydrogen (secondary N) is 1. The Morgan fingerprint density at radius 1 is 1.47 bits per heavy atom. The molecule has 0 aliphatic heterocycles. The topological polar surface area (TPSA) is 68.0 Å². The van der Waals surface area contributed by atoms with Crippen LogP contribution in [0.5, 0.6) is 0 Å². The fraction of sp³-hybridized carbons (Fsp3) is 0. The van der Waals surface area contributed by atoms with Gasteiger partial charge in [0, 0.05) is 5.56 Å². The molecule has 3 N–H and O–H groups in total. The maximum absolute atomic E-state index is 13.6. The third-order valence-corrected chi connectivity index (χ3v) is 3.61. The molecule has 0 saturated heterocycles. The molecule has 0 atom stereocenters. The molecule has 1 heterocycles. The second-order valence-electron chi connectivity index (χ2n) is 3.10. The lowest BCUT2D eigenvalue weighted by Gasteiger charge is -2.02. The van der Waals surface area contributed by atoms with Crippen LogP contribution in [0.15, 0.2) is 28.2 Å². The van der Waals surface area contributed by atoms with E-state index in [-0.39, 0.29) is 5.69 Å². The summed E-state index contributed by atoms with van der Waals surface area (Å²) in [6, 6.07) is 6.18. The molecule has 4 nitrogen and oxygen atoms in total. The molecule has 0 spiro atoms. The number of hydrazine groups is 1. The summed E-state index contributed by atoms with van der Waals surface area (Å²) in [5.41, 5.74) is 2.42. The highest BCUT2D eigenvalue weighted by Gasteiger charge is 2.19. The Morgan fingerprint density at radius 2 is 2.18 bits per heavy atom. The molecule has 0 bridgehead atoms. The van der Waals surface area contributed by atoms with Gasteiger partial charge >= 0.3 is 0 Å². The number of aromatic nitrogens is 1. The molecular formula is C10H7BrFN3OS. The van der Waals surface area contributed by atoms with E-state index in [2.05, 4.69) is 20.9 Å². The molecule has 1 amide bonds. The van der Waals surface area contributed by atoms with Crippen molar-refractivity contribution >= 4 is 33.2 Å². The van der Waals surface area contributed by atoms with Gasteiger partial charge in [0.2, 0.25) is 0 Å². The summed E-state index contributed by atoms with van der Waals surface area (Å²) in [5, 5.41) is 0. The first kappa shape index (κ1) is 12.2. The van der Waals surface area contributed by atoms with Gasteiger partial charge in [0.15, 0.2) is 3.92 Å². The number of thiazole rings is 1. The summed E-state index contributed by atoms with van der Waals surface area (Å²) in [6.45, 7) is 0. The predicted molar refractivity (Wildman–Crippen MR) is 66.9 cm³/mol. The largest absolute Gasteiger partial charge is 0.289 e. The second kappa shape index (κ2) is 4.91. The number of carbonyl (C=O) groups excluding carboxylic acids is 1. The van der Waals surface area contributed by atoms with Crippen LogP contribution >= 0.6 is 27.3 Å². The van der Waals surface area contributed by atoms with Crippen molar-refractivity contribution in [2.45, 2.75) is 0 Å². The molecule has 0 unspecified atom stereocenters. The van der Waals surface area contributed by atoms with E-state index in [0.29, 0.717) is 14.4 Å². The van der Waals surface area contributed by atoms with Crippen LogP contribution in [0.1, 0.15) is 10.5 Å². The van der Waals surface area contributed by atoms with Gasteiger partial charge in [-0.3, -0.25) is 10.2 Å². The monoisotopic (exact) mass is 315 g/mol. The Balaban J connectivity index is 2.60. The number of halogens is 2. The second-order valence-corrected chi connectivity index (χ2v) is 5.37. The maximum Gasteiger partial charge on any atom is 0.285 e. The minimum atomic E-state index is -0.551. The standard InChI is InChI=1S/C10H7BrFN3OS/c11-10-14-7(9(16)15-13)8(17-10)5-3-1-2-4-6(5)12/h1-4H,13H2,(H,15,16). The molecule has 2 aromatic rings. The first-order valence-electron chi connectivity index (χ1n) is 4.55. The van der Waals surface area contributed by atoms with Crippen LogP contribution in [0.25, 0.3) is 10.4 Å². The van der Waals surface area contributed by atoms with Gasteiger partial charge in [-0.15, -0.1) is 11.3 Å². The van der Waals surface area contributed by atoms with E-state index in [1.54, 1.807) is 18.2 Å². The number of benzene rings is 1. The van der Waals surface area contributed by atoms with Crippen molar-refractivity contribution in [2.75, 3.05) is 0 Å². The van der Waals surface area contributed by atoms with Crippen molar-refractivity contribution in [1.82, 2.24) is 10.4 Å². The Hall–Kier alpha value is -1.31. The number of amides is 1. The SMILES string of the molecule is NNC(=O)c1nc(Br)sc1-c1ccccc1F. The van der Waals surface area contributed by atoms with Gasteiger partial charge in [0.25, 0.3) is 5.91 Å². The quantitative estimate of drug-likeness (QED) is 0.507. The zero-order chi connectivity index (χ0) is 12.4. The third kappa shape index (κ3) is 2.36. The molecular weight excluding hydrogens is 309 g/mol. The van der Waals surface area contributed by atoms with Crippen LogP contribution in [-0.4, -0.2) is 10.9 Å². The van der Waals surface area contributed by atoms with Gasteiger partial charge < -0.3 is 0 Å². The minimum Gasteiger partial charge on any atom is -0.289 e. The van der Waals surface area contributed by atoms with Crippen LogP contribution in [0, 0.1) is 5.82 Å². The molecule has 0 aliphatic carbocycles. The highest BCUT2D eigenvalue weighted by molar-refractivity contribution is 9.11. The van der Waals surface area contributed by atoms with Gasteiger partial charge in [0.05, 0.1) is 4.88 Å². The van der Waals surface area contributed by atoms with E-state index in [1.807, 2.05) is 5.43 Å². The lowest BCUT2D eigenvalue weighted by atomic mass is 10.1. The highest BCUT2D eigenvalue weighted by Crippen LogP contribution is 2.34. The van der Waals surface area contributed by atoms with Gasteiger partial charge in [-0.1, -0.05) is 18.2 Å². The van der Waals surface area contributed by atoms with Gasteiger partial charge in [0.1, 0.15) is 11.5 Å². The van der Waals surface area contributed by atoms with E-state index in [4.69, 9.17) is 5.84 Å². The van der Waals surface area contributed by atoms with Crippen molar-refractivity contribution in [3.8, 4) is 10.4 Å². The van der Waals surface area contributed by atoms with Gasteiger partial charge in [-0.2, -0.15) is 0 Å². The predicted octanol–water partition coefficient (Wildman–Crippen LogP) is 2.32. The average Bonchev–Trinajstić information content (AvgIpc) is 2.71. The maximum atomic E-state index is 13.6.